The molecule has 0 amide bonds. The van der Waals surface area contributed by atoms with Gasteiger partial charge in [0.1, 0.15) is 13.2 Å². The average molecular weight is 938 g/mol. The van der Waals surface area contributed by atoms with E-state index >= 15 is 0 Å². The first-order valence-corrected chi connectivity index (χ1v) is 28.8. The number of carbonyl (C=O) groups is 3. The predicted octanol–water partition coefficient (Wildman–Crippen LogP) is 19.2. The van der Waals surface area contributed by atoms with Crippen molar-refractivity contribution in [1.82, 2.24) is 0 Å². The van der Waals surface area contributed by atoms with E-state index in [1.54, 1.807) is 0 Å². The van der Waals surface area contributed by atoms with Gasteiger partial charge in [-0.05, 0) is 89.9 Å². The number of carbonyl (C=O) groups excluding carboxylic acids is 3. The van der Waals surface area contributed by atoms with E-state index in [0.29, 0.717) is 19.3 Å². The first-order chi connectivity index (χ1) is 33.0. The van der Waals surface area contributed by atoms with Crippen molar-refractivity contribution >= 4 is 17.9 Å². The predicted molar refractivity (Wildman–Crippen MR) is 288 cm³/mol. The van der Waals surface area contributed by atoms with Crippen LogP contribution in [0.4, 0.5) is 0 Å². The van der Waals surface area contributed by atoms with Crippen LogP contribution in [-0.4, -0.2) is 37.2 Å². The first-order valence-electron chi connectivity index (χ1n) is 28.8. The zero-order valence-electron chi connectivity index (χ0n) is 44.4. The monoisotopic (exact) mass is 937 g/mol. The Labute approximate surface area is 415 Å². The summed E-state index contributed by atoms with van der Waals surface area (Å²) in [4.78, 5) is 38.1. The van der Waals surface area contributed by atoms with Crippen molar-refractivity contribution in [1.29, 1.82) is 0 Å². The fraction of sp³-hybridized carbons (Fsp3) is 0.787. The molecule has 67 heavy (non-hydrogen) atoms. The highest BCUT2D eigenvalue weighted by Gasteiger charge is 2.19. The highest BCUT2D eigenvalue weighted by molar-refractivity contribution is 5.71. The second-order valence-corrected chi connectivity index (χ2v) is 19.2. The highest BCUT2D eigenvalue weighted by atomic mass is 16.6. The fourth-order valence-corrected chi connectivity index (χ4v) is 8.13. The number of hydrogen-bond donors (Lipinski definition) is 0. The van der Waals surface area contributed by atoms with Gasteiger partial charge in [0.25, 0.3) is 0 Å². The van der Waals surface area contributed by atoms with Gasteiger partial charge in [-0.25, -0.2) is 0 Å². The normalized spacial score (nSPS) is 12.5. The number of rotatable bonds is 52. The summed E-state index contributed by atoms with van der Waals surface area (Å²) in [5.74, 6) is -0.916. The molecule has 0 rings (SSSR count). The molecule has 388 valence electrons. The van der Waals surface area contributed by atoms with Gasteiger partial charge >= 0.3 is 17.9 Å². The van der Waals surface area contributed by atoms with E-state index in [0.717, 1.165) is 89.9 Å². The summed E-state index contributed by atoms with van der Waals surface area (Å²) in [5, 5.41) is 0. The van der Waals surface area contributed by atoms with Gasteiger partial charge in [-0.15, -0.1) is 0 Å². The summed E-state index contributed by atoms with van der Waals surface area (Å²) < 4.78 is 16.8. The number of allylic oxidation sites excluding steroid dienone is 10. The van der Waals surface area contributed by atoms with Crippen LogP contribution in [-0.2, 0) is 28.6 Å². The summed E-state index contributed by atoms with van der Waals surface area (Å²) in [6.45, 7) is 6.59. The molecule has 0 unspecified atom stereocenters. The van der Waals surface area contributed by atoms with Crippen LogP contribution < -0.4 is 0 Å². The Balaban J connectivity index is 4.42. The molecule has 0 aliphatic heterocycles. The molecule has 0 heterocycles. The molecule has 6 heteroatoms. The Bertz CT molecular complexity index is 1210. The molecule has 0 spiro atoms. The molecule has 0 saturated carbocycles. The van der Waals surface area contributed by atoms with Gasteiger partial charge in [0.2, 0.25) is 0 Å². The Morgan fingerprint density at radius 2 is 0.537 bits per heavy atom. The van der Waals surface area contributed by atoms with Gasteiger partial charge in [0.15, 0.2) is 6.10 Å². The third-order valence-electron chi connectivity index (χ3n) is 12.5. The van der Waals surface area contributed by atoms with Crippen LogP contribution in [0.25, 0.3) is 0 Å². The molecular weight excluding hydrogens is 829 g/mol. The standard InChI is InChI=1S/C61H108O6/c1-4-7-10-13-16-19-22-25-27-29-30-32-34-37-40-43-46-49-52-55-61(64)67-58(56-65-59(62)53-50-47-44-41-38-35-24-21-18-15-12-9-6-3)57-66-60(63)54-51-48-45-42-39-36-33-31-28-26-23-20-17-14-11-8-5-2/h16,19,21,24-25,27,30,32,37,40,58H,4-15,17-18,20,22-23,26,28-29,31,33-36,38-39,41-57H2,1-3H3/b19-16-,24-21-,27-25-,32-30-,40-37-/t58-/m1/s1. The van der Waals surface area contributed by atoms with E-state index in [4.69, 9.17) is 14.2 Å². The number of esters is 3. The zero-order chi connectivity index (χ0) is 48.6. The third kappa shape index (κ3) is 53.9. The van der Waals surface area contributed by atoms with Gasteiger partial charge in [0.05, 0.1) is 0 Å². The molecule has 0 aliphatic carbocycles. The lowest BCUT2D eigenvalue weighted by Crippen LogP contribution is -2.30. The van der Waals surface area contributed by atoms with Crippen molar-refractivity contribution in [2.75, 3.05) is 13.2 Å². The van der Waals surface area contributed by atoms with Crippen molar-refractivity contribution in [2.24, 2.45) is 0 Å². The molecule has 0 aromatic heterocycles. The first kappa shape index (κ1) is 64.1. The smallest absolute Gasteiger partial charge is 0.306 e. The minimum atomic E-state index is -0.792. The molecular formula is C61H108O6. The van der Waals surface area contributed by atoms with Crippen LogP contribution in [0.3, 0.4) is 0 Å². The van der Waals surface area contributed by atoms with Crippen molar-refractivity contribution in [3.8, 4) is 0 Å². The molecule has 0 aromatic rings. The number of ether oxygens (including phenoxy) is 3. The van der Waals surface area contributed by atoms with E-state index in [1.165, 1.54) is 161 Å². The Kier molecular flexibility index (Phi) is 53.3. The molecule has 0 bridgehead atoms. The van der Waals surface area contributed by atoms with Crippen LogP contribution >= 0.6 is 0 Å². The van der Waals surface area contributed by atoms with E-state index in [-0.39, 0.29) is 31.1 Å². The molecule has 0 radical (unpaired) electrons. The van der Waals surface area contributed by atoms with Gasteiger partial charge in [-0.2, -0.15) is 0 Å². The lowest BCUT2D eigenvalue weighted by molar-refractivity contribution is -0.167. The molecule has 0 fully saturated rings. The maximum absolute atomic E-state index is 12.8. The second kappa shape index (κ2) is 55.7. The van der Waals surface area contributed by atoms with Crippen LogP contribution in [0, 0.1) is 0 Å². The Morgan fingerprint density at radius 1 is 0.299 bits per heavy atom. The zero-order valence-corrected chi connectivity index (χ0v) is 44.4. The topological polar surface area (TPSA) is 78.9 Å². The van der Waals surface area contributed by atoms with Gasteiger partial charge in [-0.3, -0.25) is 14.4 Å². The molecule has 6 nitrogen and oxygen atoms in total. The highest BCUT2D eigenvalue weighted by Crippen LogP contribution is 2.16. The molecule has 0 aliphatic rings. The molecule has 0 aromatic carbocycles. The van der Waals surface area contributed by atoms with Crippen molar-refractivity contribution < 1.29 is 28.6 Å². The number of unbranched alkanes of at least 4 members (excludes halogenated alkanes) is 31. The molecule has 0 saturated heterocycles. The lowest BCUT2D eigenvalue weighted by atomic mass is 10.0. The maximum Gasteiger partial charge on any atom is 0.306 e. The fourth-order valence-electron chi connectivity index (χ4n) is 8.13. The average Bonchev–Trinajstić information content (AvgIpc) is 3.33. The largest absolute Gasteiger partial charge is 0.462 e. The van der Waals surface area contributed by atoms with Crippen LogP contribution in [0.15, 0.2) is 60.8 Å². The van der Waals surface area contributed by atoms with Crippen molar-refractivity contribution in [2.45, 2.75) is 297 Å². The Morgan fingerprint density at radius 3 is 0.910 bits per heavy atom. The van der Waals surface area contributed by atoms with E-state index in [9.17, 15) is 14.4 Å². The van der Waals surface area contributed by atoms with Crippen molar-refractivity contribution in [3.05, 3.63) is 60.8 Å². The van der Waals surface area contributed by atoms with Crippen molar-refractivity contribution in [3.63, 3.8) is 0 Å². The minimum absolute atomic E-state index is 0.0872. The van der Waals surface area contributed by atoms with Crippen LogP contribution in [0.1, 0.15) is 290 Å². The van der Waals surface area contributed by atoms with Crippen LogP contribution in [0.5, 0.6) is 0 Å². The molecule has 0 N–H and O–H groups in total. The second-order valence-electron chi connectivity index (χ2n) is 19.2. The Hall–Kier alpha value is -2.89. The summed E-state index contributed by atoms with van der Waals surface area (Å²) in [7, 11) is 0. The third-order valence-corrected chi connectivity index (χ3v) is 12.5. The van der Waals surface area contributed by atoms with E-state index in [1.807, 2.05) is 0 Å². The SMILES string of the molecule is CCCCC/C=C\C/C=C\C/C=C\C/C=C\CCCCCC(=O)O[C@H](COC(=O)CCCCCCC/C=C\CCCCCC)COC(=O)CCCCCCCCCCCCCCCCCCC. The summed E-state index contributed by atoms with van der Waals surface area (Å²) in [6.07, 6.45) is 69.2. The van der Waals surface area contributed by atoms with Gasteiger partial charge in [-0.1, -0.05) is 242 Å². The molecule has 1 atom stereocenters. The minimum Gasteiger partial charge on any atom is -0.462 e. The quantitative estimate of drug-likeness (QED) is 0.0262. The van der Waals surface area contributed by atoms with Crippen LogP contribution in [0.2, 0.25) is 0 Å². The van der Waals surface area contributed by atoms with Gasteiger partial charge < -0.3 is 14.2 Å². The summed E-state index contributed by atoms with van der Waals surface area (Å²) in [6, 6.07) is 0. The lowest BCUT2D eigenvalue weighted by Gasteiger charge is -2.18. The van der Waals surface area contributed by atoms with E-state index < -0.39 is 6.10 Å². The number of hydrogen-bond acceptors (Lipinski definition) is 6. The van der Waals surface area contributed by atoms with E-state index in [2.05, 4.69) is 81.5 Å². The summed E-state index contributed by atoms with van der Waals surface area (Å²) in [5.41, 5.74) is 0. The van der Waals surface area contributed by atoms with Gasteiger partial charge in [0, 0.05) is 19.3 Å². The summed E-state index contributed by atoms with van der Waals surface area (Å²) >= 11 is 0. The maximum atomic E-state index is 12.8.